The zero-order chi connectivity index (χ0) is 20.6. The van der Waals surface area contributed by atoms with Crippen LogP contribution in [0.25, 0.3) is 0 Å². The predicted molar refractivity (Wildman–Crippen MR) is 104 cm³/mol. The van der Waals surface area contributed by atoms with Gasteiger partial charge in [-0.25, -0.2) is 14.4 Å². The van der Waals surface area contributed by atoms with Gasteiger partial charge in [-0.15, -0.1) is 0 Å². The maximum Gasteiger partial charge on any atom is 0.240 e. The molecule has 0 saturated heterocycles. The van der Waals surface area contributed by atoms with Gasteiger partial charge < -0.3 is 19.5 Å². The Morgan fingerprint density at radius 3 is 2.69 bits per heavy atom. The zero-order valence-corrected chi connectivity index (χ0v) is 16.8. The van der Waals surface area contributed by atoms with E-state index in [2.05, 4.69) is 15.3 Å². The van der Waals surface area contributed by atoms with Crippen LogP contribution in [-0.4, -0.2) is 41.7 Å². The lowest BCUT2D eigenvalue weighted by atomic mass is 9.83. The summed E-state index contributed by atoms with van der Waals surface area (Å²) in [6, 6.07) is 6.34. The van der Waals surface area contributed by atoms with Crippen molar-refractivity contribution in [1.82, 2.24) is 15.3 Å². The fourth-order valence-corrected chi connectivity index (χ4v) is 3.10. The SMILES string of the molecule is CC(=O)NCCOC1CC(COc2ncnc(OCc3ccccc3F)c2Cl)C1. The van der Waals surface area contributed by atoms with Gasteiger partial charge in [0, 0.05) is 19.0 Å². The molecule has 2 aromatic rings. The van der Waals surface area contributed by atoms with Crippen LogP contribution >= 0.6 is 11.6 Å². The molecule has 1 aliphatic rings. The molecule has 1 aliphatic carbocycles. The van der Waals surface area contributed by atoms with Crippen molar-refractivity contribution in [3.8, 4) is 11.8 Å². The molecule has 1 saturated carbocycles. The average Bonchev–Trinajstić information content (AvgIpc) is 2.66. The number of benzene rings is 1. The summed E-state index contributed by atoms with van der Waals surface area (Å²) in [5, 5.41) is 2.85. The Labute approximate surface area is 173 Å². The van der Waals surface area contributed by atoms with Crippen molar-refractivity contribution in [2.24, 2.45) is 5.92 Å². The molecular formula is C20H23ClFN3O4. The van der Waals surface area contributed by atoms with E-state index in [4.69, 9.17) is 25.8 Å². The zero-order valence-electron chi connectivity index (χ0n) is 16.1. The molecule has 29 heavy (non-hydrogen) atoms. The number of nitrogens with zero attached hydrogens (tertiary/aromatic N) is 2. The van der Waals surface area contributed by atoms with Gasteiger partial charge in [0.1, 0.15) is 18.8 Å². The molecule has 1 amide bonds. The molecule has 3 rings (SSSR count). The van der Waals surface area contributed by atoms with Crippen LogP contribution in [0.5, 0.6) is 11.8 Å². The van der Waals surface area contributed by atoms with Crippen molar-refractivity contribution in [3.05, 3.63) is 47.0 Å². The van der Waals surface area contributed by atoms with Crippen molar-refractivity contribution in [1.29, 1.82) is 0 Å². The number of hydrogen-bond donors (Lipinski definition) is 1. The van der Waals surface area contributed by atoms with Gasteiger partial charge in [-0.2, -0.15) is 0 Å². The van der Waals surface area contributed by atoms with Gasteiger partial charge >= 0.3 is 0 Å². The first-order valence-electron chi connectivity index (χ1n) is 9.38. The Morgan fingerprint density at radius 2 is 1.97 bits per heavy atom. The van der Waals surface area contributed by atoms with Crippen molar-refractivity contribution in [2.75, 3.05) is 19.8 Å². The highest BCUT2D eigenvalue weighted by Crippen LogP contribution is 2.34. The Morgan fingerprint density at radius 1 is 1.24 bits per heavy atom. The van der Waals surface area contributed by atoms with E-state index in [0.717, 1.165) is 12.8 Å². The second-order valence-electron chi connectivity index (χ2n) is 6.80. The Balaban J connectivity index is 1.41. The lowest BCUT2D eigenvalue weighted by Gasteiger charge is -2.34. The third kappa shape index (κ3) is 6.27. The molecule has 0 atom stereocenters. The van der Waals surface area contributed by atoms with Crippen LogP contribution in [0, 0.1) is 11.7 Å². The summed E-state index contributed by atoms with van der Waals surface area (Å²) in [5.41, 5.74) is 0.406. The molecule has 1 fully saturated rings. The second-order valence-corrected chi connectivity index (χ2v) is 7.18. The fraction of sp³-hybridized carbons (Fsp3) is 0.450. The smallest absolute Gasteiger partial charge is 0.240 e. The summed E-state index contributed by atoms with van der Waals surface area (Å²) in [4.78, 5) is 18.8. The highest BCUT2D eigenvalue weighted by Gasteiger charge is 2.30. The van der Waals surface area contributed by atoms with E-state index in [1.807, 2.05) is 0 Å². The molecule has 156 valence electrons. The van der Waals surface area contributed by atoms with Gasteiger partial charge in [0.05, 0.1) is 19.3 Å². The van der Waals surface area contributed by atoms with Gasteiger partial charge in [0.2, 0.25) is 17.7 Å². The first-order valence-corrected chi connectivity index (χ1v) is 9.76. The molecule has 1 N–H and O–H groups in total. The Hall–Kier alpha value is -2.45. The van der Waals surface area contributed by atoms with Crippen LogP contribution in [0.2, 0.25) is 5.02 Å². The van der Waals surface area contributed by atoms with Gasteiger partial charge in [-0.1, -0.05) is 29.8 Å². The molecule has 9 heteroatoms. The quantitative estimate of drug-likeness (QED) is 0.591. The molecule has 0 unspecified atom stereocenters. The highest BCUT2D eigenvalue weighted by atomic mass is 35.5. The molecule has 0 spiro atoms. The number of rotatable bonds is 10. The summed E-state index contributed by atoms with van der Waals surface area (Å²) >= 11 is 6.27. The van der Waals surface area contributed by atoms with Crippen LogP contribution in [0.15, 0.2) is 30.6 Å². The summed E-state index contributed by atoms with van der Waals surface area (Å²) in [5.74, 6) is 0.308. The molecule has 1 aromatic heterocycles. The van der Waals surface area contributed by atoms with E-state index in [-0.39, 0.29) is 41.2 Å². The number of carbonyl (C=O) groups excluding carboxylic acids is 1. The first kappa shape index (κ1) is 21.3. The van der Waals surface area contributed by atoms with E-state index in [1.165, 1.54) is 19.3 Å². The van der Waals surface area contributed by atoms with Crippen molar-refractivity contribution < 1.29 is 23.4 Å². The number of aromatic nitrogens is 2. The molecule has 7 nitrogen and oxygen atoms in total. The largest absolute Gasteiger partial charge is 0.476 e. The minimum atomic E-state index is -0.354. The Kier molecular flexibility index (Phi) is 7.60. The summed E-state index contributed by atoms with van der Waals surface area (Å²) in [7, 11) is 0. The Bertz CT molecular complexity index is 833. The number of halogens is 2. The minimum Gasteiger partial charge on any atom is -0.476 e. The maximum atomic E-state index is 13.7. The van der Waals surface area contributed by atoms with E-state index in [0.29, 0.717) is 31.2 Å². The molecule has 1 heterocycles. The standard InChI is InChI=1S/C20H23ClFN3O4/c1-13(26)23-6-7-27-16-8-14(9-16)10-28-19-18(21)20(25-12-24-19)29-11-15-4-2-3-5-17(15)22/h2-5,12,14,16H,6-11H2,1H3,(H,23,26). The molecular weight excluding hydrogens is 401 g/mol. The van der Waals surface area contributed by atoms with Crippen LogP contribution in [0.1, 0.15) is 25.3 Å². The fourth-order valence-electron chi connectivity index (χ4n) is 2.90. The second kappa shape index (κ2) is 10.4. The molecule has 1 aromatic carbocycles. The lowest BCUT2D eigenvalue weighted by Crippen LogP contribution is -2.37. The van der Waals surface area contributed by atoms with E-state index in [9.17, 15) is 9.18 Å². The number of hydrogen-bond acceptors (Lipinski definition) is 6. The minimum absolute atomic E-state index is 0.00295. The van der Waals surface area contributed by atoms with Crippen LogP contribution in [0.4, 0.5) is 4.39 Å². The van der Waals surface area contributed by atoms with E-state index < -0.39 is 0 Å². The third-order valence-corrected chi connectivity index (χ3v) is 4.85. The van der Waals surface area contributed by atoms with Crippen molar-refractivity contribution >= 4 is 17.5 Å². The van der Waals surface area contributed by atoms with Gasteiger partial charge in [-0.3, -0.25) is 4.79 Å². The van der Waals surface area contributed by atoms with Crippen molar-refractivity contribution in [3.63, 3.8) is 0 Å². The normalized spacial score (nSPS) is 18.0. The van der Waals surface area contributed by atoms with Gasteiger partial charge in [-0.05, 0) is 24.8 Å². The predicted octanol–water partition coefficient (Wildman–Crippen LogP) is 3.16. The first-order chi connectivity index (χ1) is 14.0. The number of nitrogens with one attached hydrogen (secondary N) is 1. The number of ether oxygens (including phenoxy) is 3. The third-order valence-electron chi connectivity index (χ3n) is 4.53. The summed E-state index contributed by atoms with van der Waals surface area (Å²) in [6.45, 7) is 2.95. The van der Waals surface area contributed by atoms with E-state index >= 15 is 0 Å². The topological polar surface area (TPSA) is 82.6 Å². The average molecular weight is 424 g/mol. The lowest BCUT2D eigenvalue weighted by molar-refractivity contribution is -0.119. The maximum absolute atomic E-state index is 13.7. The van der Waals surface area contributed by atoms with Crippen molar-refractivity contribution in [2.45, 2.75) is 32.5 Å². The number of amides is 1. The van der Waals surface area contributed by atoms with Gasteiger partial charge in [0.25, 0.3) is 0 Å². The van der Waals surface area contributed by atoms with Crippen LogP contribution in [0.3, 0.4) is 0 Å². The van der Waals surface area contributed by atoms with Crippen LogP contribution in [-0.2, 0) is 16.1 Å². The molecule has 0 radical (unpaired) electrons. The summed E-state index contributed by atoms with van der Waals surface area (Å²) in [6.07, 6.45) is 3.23. The monoisotopic (exact) mass is 423 g/mol. The van der Waals surface area contributed by atoms with E-state index in [1.54, 1.807) is 18.2 Å². The van der Waals surface area contributed by atoms with Gasteiger partial charge in [0.15, 0.2) is 5.02 Å². The highest BCUT2D eigenvalue weighted by molar-refractivity contribution is 6.33. The van der Waals surface area contributed by atoms with Crippen LogP contribution < -0.4 is 14.8 Å². The molecule has 0 bridgehead atoms. The number of carbonyl (C=O) groups is 1. The summed E-state index contributed by atoms with van der Waals surface area (Å²) < 4.78 is 30.6. The molecule has 0 aliphatic heterocycles.